The molecule has 1 atom stereocenters. The van der Waals surface area contributed by atoms with Crippen molar-refractivity contribution in [2.24, 2.45) is 0 Å². The molecule has 1 aliphatic heterocycles. The first-order chi connectivity index (χ1) is 11.5. The van der Waals surface area contributed by atoms with Crippen LogP contribution < -0.4 is 11.1 Å². The van der Waals surface area contributed by atoms with Gasteiger partial charge in [-0.1, -0.05) is 0 Å². The summed E-state index contributed by atoms with van der Waals surface area (Å²) in [4.78, 5) is 41.5. The second-order valence-electron chi connectivity index (χ2n) is 5.54. The Morgan fingerprint density at radius 3 is 3.04 bits per heavy atom. The number of Topliss-reactive ketones (excluding diaryl/α,β-unsaturated/α-hetero) is 1. The van der Waals surface area contributed by atoms with E-state index in [-0.39, 0.29) is 18.2 Å². The number of nitrogens with zero attached hydrogens (tertiary/aromatic N) is 1. The van der Waals surface area contributed by atoms with E-state index in [9.17, 15) is 14.4 Å². The molecule has 9 nitrogen and oxygen atoms in total. The largest absolute Gasteiger partial charge is 0.525 e. The van der Waals surface area contributed by atoms with Crippen molar-refractivity contribution in [1.29, 1.82) is 0 Å². The zero-order chi connectivity index (χ0) is 17.1. The lowest BCUT2D eigenvalue weighted by molar-refractivity contribution is -0.156. The Hall–Kier alpha value is -2.65. The molecular formula is C15H17N3O6. The SMILES string of the molecule is O=C(O)ON1CCNCC1CCC(=O)c1ccc2[nH]c(=O)oc2c1. The molecule has 2 heterocycles. The predicted octanol–water partition coefficient (Wildman–Crippen LogP) is 0.967. The predicted molar refractivity (Wildman–Crippen MR) is 82.9 cm³/mol. The fourth-order valence-corrected chi connectivity index (χ4v) is 2.77. The summed E-state index contributed by atoms with van der Waals surface area (Å²) in [5.74, 6) is -0.675. The van der Waals surface area contributed by atoms with E-state index in [0.29, 0.717) is 42.7 Å². The number of ketones is 1. The number of rotatable bonds is 5. The van der Waals surface area contributed by atoms with E-state index in [1.54, 1.807) is 12.1 Å². The van der Waals surface area contributed by atoms with E-state index in [1.807, 2.05) is 0 Å². The number of aromatic nitrogens is 1. The zero-order valence-electron chi connectivity index (χ0n) is 12.8. The van der Waals surface area contributed by atoms with Gasteiger partial charge in [-0.25, -0.2) is 9.59 Å². The van der Waals surface area contributed by atoms with Gasteiger partial charge in [-0.2, -0.15) is 0 Å². The molecule has 0 spiro atoms. The molecule has 3 rings (SSSR count). The molecule has 0 aliphatic carbocycles. The number of hydrogen-bond donors (Lipinski definition) is 3. The van der Waals surface area contributed by atoms with E-state index < -0.39 is 11.9 Å². The molecule has 0 amide bonds. The summed E-state index contributed by atoms with van der Waals surface area (Å²) in [7, 11) is 0. The average molecular weight is 335 g/mol. The van der Waals surface area contributed by atoms with Crippen LogP contribution in [0.1, 0.15) is 23.2 Å². The smallest absolute Gasteiger partial charge is 0.448 e. The Labute approximate surface area is 136 Å². The van der Waals surface area contributed by atoms with Crippen molar-refractivity contribution in [2.45, 2.75) is 18.9 Å². The number of carbonyl (C=O) groups is 2. The number of fused-ring (bicyclic) bond motifs is 1. The lowest BCUT2D eigenvalue weighted by Crippen LogP contribution is -2.51. The molecule has 0 saturated carbocycles. The first kappa shape index (κ1) is 16.2. The minimum Gasteiger partial charge on any atom is -0.448 e. The number of hydrogen-bond acceptors (Lipinski definition) is 7. The highest BCUT2D eigenvalue weighted by Crippen LogP contribution is 2.17. The summed E-state index contributed by atoms with van der Waals surface area (Å²) < 4.78 is 4.95. The maximum Gasteiger partial charge on any atom is 0.525 e. The minimum atomic E-state index is -1.36. The molecule has 24 heavy (non-hydrogen) atoms. The van der Waals surface area contributed by atoms with Gasteiger partial charge in [-0.05, 0) is 24.6 Å². The summed E-state index contributed by atoms with van der Waals surface area (Å²) in [5, 5.41) is 13.3. The van der Waals surface area contributed by atoms with Crippen LogP contribution in [0.3, 0.4) is 0 Å². The maximum absolute atomic E-state index is 12.3. The first-order valence-corrected chi connectivity index (χ1v) is 7.57. The number of H-pyrrole nitrogens is 1. The Balaban J connectivity index is 1.64. The normalized spacial score (nSPS) is 18.6. The highest BCUT2D eigenvalue weighted by Gasteiger charge is 2.26. The average Bonchev–Trinajstić information content (AvgIpc) is 2.92. The van der Waals surface area contributed by atoms with Crippen molar-refractivity contribution in [2.75, 3.05) is 19.6 Å². The van der Waals surface area contributed by atoms with Crippen LogP contribution in [0.15, 0.2) is 27.4 Å². The quantitative estimate of drug-likeness (QED) is 0.690. The Kier molecular flexibility index (Phi) is 4.63. The fraction of sp³-hybridized carbons (Fsp3) is 0.400. The monoisotopic (exact) mass is 335 g/mol. The molecule has 1 fully saturated rings. The molecule has 1 aromatic carbocycles. The van der Waals surface area contributed by atoms with Gasteiger partial charge < -0.3 is 19.7 Å². The summed E-state index contributed by atoms with van der Waals surface area (Å²) >= 11 is 0. The molecule has 3 N–H and O–H groups in total. The third-order valence-electron chi connectivity index (χ3n) is 3.94. The van der Waals surface area contributed by atoms with Crippen LogP contribution >= 0.6 is 0 Å². The topological polar surface area (TPSA) is 125 Å². The highest BCUT2D eigenvalue weighted by atomic mass is 16.8. The Bertz CT molecular complexity index is 811. The molecular weight excluding hydrogens is 318 g/mol. The van der Waals surface area contributed by atoms with Gasteiger partial charge in [-0.15, -0.1) is 5.06 Å². The number of piperazine rings is 1. The number of nitrogens with one attached hydrogen (secondary N) is 2. The van der Waals surface area contributed by atoms with E-state index in [0.717, 1.165) is 0 Å². The van der Waals surface area contributed by atoms with Gasteiger partial charge in [0.05, 0.1) is 11.6 Å². The summed E-state index contributed by atoms with van der Waals surface area (Å²) in [5.41, 5.74) is 1.31. The van der Waals surface area contributed by atoms with Crippen LogP contribution in [0.4, 0.5) is 4.79 Å². The zero-order valence-corrected chi connectivity index (χ0v) is 12.8. The minimum absolute atomic E-state index is 0.110. The van der Waals surface area contributed by atoms with Crippen LogP contribution in [0.25, 0.3) is 11.1 Å². The van der Waals surface area contributed by atoms with Crippen molar-refractivity contribution < 1.29 is 24.0 Å². The molecule has 1 aromatic heterocycles. The third kappa shape index (κ3) is 3.63. The number of carbonyl (C=O) groups excluding carboxylic acids is 1. The van der Waals surface area contributed by atoms with Crippen LogP contribution in [0, 0.1) is 0 Å². The molecule has 0 bridgehead atoms. The number of oxazole rings is 1. The van der Waals surface area contributed by atoms with Gasteiger partial charge in [-0.3, -0.25) is 9.78 Å². The summed E-state index contributed by atoms with van der Waals surface area (Å²) in [6.07, 6.45) is -0.679. The van der Waals surface area contributed by atoms with Gasteiger partial charge in [0.2, 0.25) is 0 Å². The molecule has 1 unspecified atom stereocenters. The molecule has 1 aliphatic rings. The van der Waals surface area contributed by atoms with Gasteiger partial charge in [0.15, 0.2) is 11.4 Å². The Morgan fingerprint density at radius 2 is 2.25 bits per heavy atom. The van der Waals surface area contributed by atoms with Crippen molar-refractivity contribution >= 4 is 23.0 Å². The van der Waals surface area contributed by atoms with Crippen molar-refractivity contribution in [1.82, 2.24) is 15.4 Å². The first-order valence-electron chi connectivity index (χ1n) is 7.57. The van der Waals surface area contributed by atoms with Gasteiger partial charge >= 0.3 is 11.9 Å². The van der Waals surface area contributed by atoms with Crippen LogP contribution in [-0.2, 0) is 4.84 Å². The van der Waals surface area contributed by atoms with E-state index >= 15 is 0 Å². The number of aromatic amines is 1. The van der Waals surface area contributed by atoms with E-state index in [4.69, 9.17) is 14.4 Å². The number of carboxylic acid groups (broad SMARTS) is 1. The van der Waals surface area contributed by atoms with Crippen molar-refractivity contribution in [3.63, 3.8) is 0 Å². The Morgan fingerprint density at radius 1 is 1.42 bits per heavy atom. The molecule has 128 valence electrons. The molecule has 0 radical (unpaired) electrons. The van der Waals surface area contributed by atoms with Crippen LogP contribution in [-0.4, -0.2) is 52.8 Å². The van der Waals surface area contributed by atoms with E-state index in [2.05, 4.69) is 10.3 Å². The third-order valence-corrected chi connectivity index (χ3v) is 3.94. The second kappa shape index (κ2) is 6.85. The molecule has 9 heteroatoms. The van der Waals surface area contributed by atoms with Gasteiger partial charge in [0.25, 0.3) is 0 Å². The highest BCUT2D eigenvalue weighted by molar-refractivity contribution is 5.98. The van der Waals surface area contributed by atoms with E-state index in [1.165, 1.54) is 11.1 Å². The number of hydroxylamine groups is 2. The molecule has 2 aromatic rings. The van der Waals surface area contributed by atoms with Crippen molar-refractivity contribution in [3.8, 4) is 0 Å². The van der Waals surface area contributed by atoms with Gasteiger partial charge in [0.1, 0.15) is 0 Å². The lowest BCUT2D eigenvalue weighted by atomic mass is 10.0. The number of benzene rings is 1. The van der Waals surface area contributed by atoms with Crippen molar-refractivity contribution in [3.05, 3.63) is 34.3 Å². The molecule has 1 saturated heterocycles. The lowest BCUT2D eigenvalue weighted by Gasteiger charge is -2.33. The summed E-state index contributed by atoms with van der Waals surface area (Å²) in [6.45, 7) is 1.61. The van der Waals surface area contributed by atoms with Crippen LogP contribution in [0.5, 0.6) is 0 Å². The van der Waals surface area contributed by atoms with Crippen LogP contribution in [0.2, 0.25) is 0 Å². The second-order valence-corrected chi connectivity index (χ2v) is 5.54. The fourth-order valence-electron chi connectivity index (χ4n) is 2.77. The summed E-state index contributed by atoms with van der Waals surface area (Å²) in [6, 6.07) is 4.57. The maximum atomic E-state index is 12.3. The van der Waals surface area contributed by atoms with Gasteiger partial charge in [0, 0.05) is 31.6 Å². The standard InChI is InChI=1S/C15H17N3O6/c19-12(9-1-3-11-13(7-9)23-14(20)17-11)4-2-10-8-16-5-6-18(10)24-15(21)22/h1,3,7,10,16H,2,4-6,8H2,(H,17,20)(H,21,22).